The van der Waals surface area contributed by atoms with Gasteiger partial charge < -0.3 is 24.2 Å². The van der Waals surface area contributed by atoms with Crippen LogP contribution in [0.15, 0.2) is 52.2 Å². The quantitative estimate of drug-likeness (QED) is 0.174. The zero-order valence-electron chi connectivity index (χ0n) is 21.0. The van der Waals surface area contributed by atoms with Crippen molar-refractivity contribution in [2.75, 3.05) is 13.2 Å². The molecule has 3 rings (SSSR count). The van der Waals surface area contributed by atoms with E-state index in [1.54, 1.807) is 18.2 Å². The predicted molar refractivity (Wildman–Crippen MR) is 134 cm³/mol. The summed E-state index contributed by atoms with van der Waals surface area (Å²) in [7, 11) is -4.33. The van der Waals surface area contributed by atoms with Crippen molar-refractivity contribution in [3.8, 4) is 18.1 Å². The summed E-state index contributed by atoms with van der Waals surface area (Å²) in [5.41, 5.74) is -4.06. The van der Waals surface area contributed by atoms with E-state index in [0.717, 1.165) is 16.8 Å². The maximum atomic E-state index is 13.7. The van der Waals surface area contributed by atoms with E-state index in [9.17, 15) is 29.2 Å². The molecule has 0 spiro atoms. The van der Waals surface area contributed by atoms with Crippen LogP contribution in [0.5, 0.6) is 5.75 Å². The normalized spacial score (nSPS) is 25.3. The van der Waals surface area contributed by atoms with Crippen LogP contribution in [0.4, 0.5) is 0 Å². The zero-order valence-corrected chi connectivity index (χ0v) is 21.9. The van der Waals surface area contributed by atoms with Gasteiger partial charge in [0.25, 0.3) is 5.56 Å². The third-order valence-corrected chi connectivity index (χ3v) is 7.10. The molecule has 0 bridgehead atoms. The molecular weight excluding hydrogens is 521 g/mol. The second-order valence-electron chi connectivity index (χ2n) is 9.03. The molecule has 1 unspecified atom stereocenters. The molecule has 1 aromatic carbocycles. The van der Waals surface area contributed by atoms with Crippen molar-refractivity contribution in [1.82, 2.24) is 14.6 Å². The first-order valence-electron chi connectivity index (χ1n) is 11.7. The number of carbonyl (C=O) groups is 1. The summed E-state index contributed by atoms with van der Waals surface area (Å²) in [4.78, 5) is 38.1. The Morgan fingerprint density at radius 1 is 1.29 bits per heavy atom. The number of nitrogens with one attached hydrogen (secondary N) is 2. The van der Waals surface area contributed by atoms with Crippen LogP contribution in [-0.4, -0.2) is 62.8 Å². The van der Waals surface area contributed by atoms with Gasteiger partial charge in [0.05, 0.1) is 13.2 Å². The van der Waals surface area contributed by atoms with Crippen molar-refractivity contribution in [3.05, 3.63) is 63.4 Å². The number of esters is 1. The van der Waals surface area contributed by atoms with Crippen LogP contribution >= 0.6 is 7.75 Å². The Bertz CT molecular complexity index is 1320. The Balaban J connectivity index is 1.82. The van der Waals surface area contributed by atoms with Crippen molar-refractivity contribution in [2.45, 2.75) is 50.8 Å². The van der Waals surface area contributed by atoms with E-state index in [2.05, 4.69) is 5.09 Å². The topological polar surface area (TPSA) is 178 Å². The summed E-state index contributed by atoms with van der Waals surface area (Å²) in [5, 5.41) is 24.2. The van der Waals surface area contributed by atoms with E-state index >= 15 is 0 Å². The van der Waals surface area contributed by atoms with Gasteiger partial charge in [-0.1, -0.05) is 38.0 Å². The molecule has 2 aromatic rings. The molecule has 6 atom stereocenters. The van der Waals surface area contributed by atoms with Crippen LogP contribution in [-0.2, 0) is 23.4 Å². The number of terminal acetylenes is 1. The lowest BCUT2D eigenvalue weighted by molar-refractivity contribution is -0.146. The van der Waals surface area contributed by atoms with Crippen molar-refractivity contribution in [2.24, 2.45) is 5.92 Å². The Labute approximate surface area is 218 Å². The number of ether oxygens (including phenoxy) is 2. The predicted octanol–water partition coefficient (Wildman–Crippen LogP) is 0.540. The SMILES string of the molecule is C#C[C@]1(O)[C@H](O)[C@@H](COP(=O)(N[C@@H](C)C(=O)OCC(C)C)Oc2ccccc2)O[C@H]1n1ccc(=O)[nH]c1=O. The molecule has 206 valence electrons. The second kappa shape index (κ2) is 12.1. The standard InChI is InChI=1S/C24H30N3O10P/c1-5-24(32)20(29)18(36-22(24)27-12-11-19(28)25-23(27)31)14-35-38(33,37-17-9-7-6-8-10-17)26-16(4)21(30)34-13-15(2)3/h1,6-12,15-16,18,20,22,29,32H,13-14H2,2-4H3,(H,26,33)(H,25,28,31)/t16-,18+,20+,22+,24-,38?/m0/s1. The first-order chi connectivity index (χ1) is 17.9. The average molecular weight is 551 g/mol. The van der Waals surface area contributed by atoms with E-state index in [-0.39, 0.29) is 18.3 Å². The van der Waals surface area contributed by atoms with E-state index in [1.807, 2.05) is 24.8 Å². The number of hydrogen-bond donors (Lipinski definition) is 4. The third-order valence-electron chi connectivity index (χ3n) is 5.46. The van der Waals surface area contributed by atoms with Crippen LogP contribution in [0.25, 0.3) is 0 Å². The zero-order chi connectivity index (χ0) is 28.1. The van der Waals surface area contributed by atoms with Crippen LogP contribution in [0.2, 0.25) is 0 Å². The first-order valence-corrected chi connectivity index (χ1v) is 13.2. The molecule has 1 aromatic heterocycles. The highest BCUT2D eigenvalue weighted by atomic mass is 31.2. The smallest absolute Gasteiger partial charge is 0.459 e. The van der Waals surface area contributed by atoms with E-state index < -0.39 is 61.7 Å². The molecule has 13 nitrogen and oxygen atoms in total. The monoisotopic (exact) mass is 551 g/mol. The molecule has 1 aliphatic heterocycles. The number of aliphatic hydroxyl groups excluding tert-OH is 1. The number of aromatic amines is 1. The van der Waals surface area contributed by atoms with Gasteiger partial charge in [0.15, 0.2) is 11.8 Å². The molecule has 2 heterocycles. The minimum Gasteiger partial charge on any atom is -0.464 e. The molecule has 0 amide bonds. The highest BCUT2D eigenvalue weighted by Gasteiger charge is 2.56. The maximum Gasteiger partial charge on any atom is 0.459 e. The number of carbonyl (C=O) groups excluding carboxylic acids is 1. The lowest BCUT2D eigenvalue weighted by Gasteiger charge is -2.26. The number of aliphatic hydroxyl groups is 2. The largest absolute Gasteiger partial charge is 0.464 e. The summed E-state index contributed by atoms with van der Waals surface area (Å²) < 4.78 is 36.3. The molecule has 0 radical (unpaired) electrons. The molecule has 38 heavy (non-hydrogen) atoms. The number of aromatic nitrogens is 2. The summed E-state index contributed by atoms with van der Waals surface area (Å²) in [6, 6.07) is 7.87. The van der Waals surface area contributed by atoms with Gasteiger partial charge in [-0.25, -0.2) is 9.36 Å². The van der Waals surface area contributed by atoms with Crippen molar-refractivity contribution < 1.29 is 38.1 Å². The van der Waals surface area contributed by atoms with Gasteiger partial charge in [0.1, 0.15) is 24.0 Å². The Morgan fingerprint density at radius 3 is 2.58 bits per heavy atom. The molecule has 1 saturated heterocycles. The third kappa shape index (κ3) is 6.79. The van der Waals surface area contributed by atoms with E-state index in [0.29, 0.717) is 0 Å². The Kier molecular flexibility index (Phi) is 9.32. The van der Waals surface area contributed by atoms with E-state index in [4.69, 9.17) is 24.9 Å². The van der Waals surface area contributed by atoms with Crippen LogP contribution in [0, 0.1) is 18.3 Å². The fourth-order valence-corrected chi connectivity index (χ4v) is 5.00. The van der Waals surface area contributed by atoms with Gasteiger partial charge in [0.2, 0.25) is 0 Å². The van der Waals surface area contributed by atoms with Crippen LogP contribution in [0.3, 0.4) is 0 Å². The van der Waals surface area contributed by atoms with E-state index in [1.165, 1.54) is 19.1 Å². The van der Waals surface area contributed by atoms with Crippen LogP contribution in [0.1, 0.15) is 27.0 Å². The maximum absolute atomic E-state index is 13.7. The minimum absolute atomic E-state index is 0.0774. The molecule has 0 aliphatic carbocycles. The molecule has 1 aliphatic rings. The lowest BCUT2D eigenvalue weighted by Crippen LogP contribution is -2.48. The molecule has 14 heteroatoms. The molecule has 4 N–H and O–H groups in total. The Morgan fingerprint density at radius 2 is 1.97 bits per heavy atom. The molecular formula is C24H30N3O10P. The van der Waals surface area contributed by atoms with Gasteiger partial charge in [-0.15, -0.1) is 6.42 Å². The van der Waals surface area contributed by atoms with Crippen molar-refractivity contribution in [3.63, 3.8) is 0 Å². The van der Waals surface area contributed by atoms with Gasteiger partial charge in [-0.2, -0.15) is 5.09 Å². The fraction of sp³-hybridized carbons (Fsp3) is 0.458. The summed E-state index contributed by atoms with van der Waals surface area (Å²) in [5.74, 6) is 1.54. The lowest BCUT2D eigenvalue weighted by atomic mass is 9.95. The molecule has 1 fully saturated rings. The highest BCUT2D eigenvalue weighted by molar-refractivity contribution is 7.52. The summed E-state index contributed by atoms with van der Waals surface area (Å²) in [6.07, 6.45) is 1.66. The number of para-hydroxylation sites is 1. The molecule has 0 saturated carbocycles. The van der Waals surface area contributed by atoms with Gasteiger partial charge >= 0.3 is 19.4 Å². The highest BCUT2D eigenvalue weighted by Crippen LogP contribution is 2.46. The summed E-state index contributed by atoms with van der Waals surface area (Å²) >= 11 is 0. The fourth-order valence-electron chi connectivity index (χ4n) is 3.50. The van der Waals surface area contributed by atoms with Gasteiger partial charge in [-0.05, 0) is 25.0 Å². The first kappa shape index (κ1) is 29.3. The average Bonchev–Trinajstić information content (AvgIpc) is 3.12. The second-order valence-corrected chi connectivity index (χ2v) is 10.7. The minimum atomic E-state index is -4.33. The van der Waals surface area contributed by atoms with Crippen LogP contribution < -0.4 is 20.9 Å². The van der Waals surface area contributed by atoms with Crippen molar-refractivity contribution >= 4 is 13.7 Å². The number of hydrogen-bond acceptors (Lipinski definition) is 10. The number of benzene rings is 1. The number of rotatable bonds is 11. The summed E-state index contributed by atoms with van der Waals surface area (Å²) in [6.45, 7) is 4.62. The van der Waals surface area contributed by atoms with Crippen molar-refractivity contribution in [1.29, 1.82) is 0 Å². The van der Waals surface area contributed by atoms with Gasteiger partial charge in [-0.3, -0.25) is 23.7 Å². The number of H-pyrrole nitrogens is 1. The number of nitrogens with zero attached hydrogens (tertiary/aromatic N) is 1. The Hall–Kier alpha value is -3.24. The van der Waals surface area contributed by atoms with Gasteiger partial charge in [0, 0.05) is 12.3 Å².